The molecule has 0 saturated carbocycles. The van der Waals surface area contributed by atoms with Crippen molar-refractivity contribution in [2.75, 3.05) is 19.6 Å². The average Bonchev–Trinajstić information content (AvgIpc) is 3.48. The molecule has 7 heteroatoms. The first-order valence-corrected chi connectivity index (χ1v) is 15.9. The number of rotatable bonds is 8. The summed E-state index contributed by atoms with van der Waals surface area (Å²) in [6.07, 6.45) is 7.75. The summed E-state index contributed by atoms with van der Waals surface area (Å²) in [6, 6.07) is 26.3. The zero-order valence-corrected chi connectivity index (χ0v) is 24.9. The summed E-state index contributed by atoms with van der Waals surface area (Å²) in [7, 11) is 0. The van der Waals surface area contributed by atoms with Crippen LogP contribution in [0, 0.1) is 12.7 Å². The van der Waals surface area contributed by atoms with Crippen LogP contribution in [0.2, 0.25) is 0 Å². The van der Waals surface area contributed by atoms with Gasteiger partial charge in [-0.1, -0.05) is 54.6 Å². The maximum absolute atomic E-state index is 13.6. The van der Waals surface area contributed by atoms with Crippen LogP contribution in [0.3, 0.4) is 0 Å². The van der Waals surface area contributed by atoms with Crippen LogP contribution in [0.5, 0.6) is 0 Å². The Morgan fingerprint density at radius 2 is 1.58 bits per heavy atom. The highest BCUT2D eigenvalue weighted by molar-refractivity contribution is 5.76. The third kappa shape index (κ3) is 5.27. The van der Waals surface area contributed by atoms with Crippen LogP contribution in [0.1, 0.15) is 74.0 Å². The van der Waals surface area contributed by atoms with Gasteiger partial charge in [-0.25, -0.2) is 9.37 Å². The predicted octanol–water partition coefficient (Wildman–Crippen LogP) is 6.90. The molecule has 3 fully saturated rings. The van der Waals surface area contributed by atoms with E-state index in [0.29, 0.717) is 36.8 Å². The number of fused-ring (bicyclic) bond motifs is 3. The van der Waals surface area contributed by atoms with Gasteiger partial charge in [-0.15, -0.1) is 0 Å². The number of carboxylic acids is 1. The van der Waals surface area contributed by atoms with Gasteiger partial charge in [-0.2, -0.15) is 0 Å². The number of piperidine rings is 2. The van der Waals surface area contributed by atoms with E-state index in [2.05, 4.69) is 75.9 Å². The highest BCUT2D eigenvalue weighted by Gasteiger charge is 2.44. The summed E-state index contributed by atoms with van der Waals surface area (Å²) in [5, 5.41) is 10.2. The molecule has 3 saturated heterocycles. The molecule has 0 amide bonds. The van der Waals surface area contributed by atoms with Crippen LogP contribution in [0.25, 0.3) is 11.0 Å². The first-order chi connectivity index (χ1) is 20.9. The quantitative estimate of drug-likeness (QED) is 0.246. The number of imidazole rings is 1. The van der Waals surface area contributed by atoms with Crippen LogP contribution in [0.4, 0.5) is 4.39 Å². The van der Waals surface area contributed by atoms with Crippen LogP contribution in [-0.2, 0) is 10.2 Å². The standard InChI is InChI=1S/C36H41FN4O2/c1-25-38-32-9-5-6-10-33(32)41(25)31-23-29-15-16-30(24-31)40(29)22-19-36(27-7-3-2-4-8-27)17-20-39(21-18-36)34(35(42)43)26-11-13-28(37)14-12-26/h2-14,29-31,34H,15-24H2,1H3,(H,42,43)/t29-,30+,31+,34?. The van der Waals surface area contributed by atoms with Gasteiger partial charge in [-0.05, 0) is 99.2 Å². The van der Waals surface area contributed by atoms with E-state index < -0.39 is 12.0 Å². The fourth-order valence-electron chi connectivity index (χ4n) is 8.63. The van der Waals surface area contributed by atoms with Crippen molar-refractivity contribution in [1.29, 1.82) is 0 Å². The van der Waals surface area contributed by atoms with Gasteiger partial charge >= 0.3 is 5.97 Å². The summed E-state index contributed by atoms with van der Waals surface area (Å²) >= 11 is 0. The van der Waals surface area contributed by atoms with E-state index in [0.717, 1.165) is 37.1 Å². The predicted molar refractivity (Wildman–Crippen MR) is 167 cm³/mol. The van der Waals surface area contributed by atoms with E-state index in [4.69, 9.17) is 4.98 Å². The largest absolute Gasteiger partial charge is 0.480 e. The number of benzene rings is 3. The Balaban J connectivity index is 1.07. The van der Waals surface area contributed by atoms with Gasteiger partial charge in [0.2, 0.25) is 0 Å². The first kappa shape index (κ1) is 28.2. The van der Waals surface area contributed by atoms with E-state index in [1.807, 2.05) is 0 Å². The normalized spacial score (nSPS) is 24.7. The Bertz CT molecular complexity index is 1560. The van der Waals surface area contributed by atoms with Crippen LogP contribution < -0.4 is 0 Å². The van der Waals surface area contributed by atoms with Gasteiger partial charge in [0.1, 0.15) is 17.7 Å². The second-order valence-electron chi connectivity index (χ2n) is 13.0. The number of hydrogen-bond acceptors (Lipinski definition) is 4. The molecule has 4 aromatic rings. The van der Waals surface area contributed by atoms with E-state index in [9.17, 15) is 14.3 Å². The van der Waals surface area contributed by atoms with Crippen molar-refractivity contribution in [1.82, 2.24) is 19.4 Å². The molecule has 6 nitrogen and oxygen atoms in total. The maximum Gasteiger partial charge on any atom is 0.325 e. The number of aryl methyl sites for hydroxylation is 1. The summed E-state index contributed by atoms with van der Waals surface area (Å²) < 4.78 is 16.1. The Labute approximate surface area is 253 Å². The molecule has 3 aliphatic heterocycles. The summed E-state index contributed by atoms with van der Waals surface area (Å²) in [6.45, 7) is 4.62. The molecular weight excluding hydrogens is 539 g/mol. The highest BCUT2D eigenvalue weighted by Crippen LogP contribution is 2.45. The Morgan fingerprint density at radius 3 is 2.26 bits per heavy atom. The van der Waals surface area contributed by atoms with Crippen molar-refractivity contribution >= 4 is 17.0 Å². The molecule has 1 aromatic heterocycles. The first-order valence-electron chi connectivity index (χ1n) is 15.9. The Kier molecular flexibility index (Phi) is 7.56. The topological polar surface area (TPSA) is 61.6 Å². The number of nitrogens with zero attached hydrogens (tertiary/aromatic N) is 4. The SMILES string of the molecule is Cc1nc2ccccc2n1[C@H]1C[C@H]2CC[C@@H](C1)N2CCC1(c2ccccc2)CCN(C(C(=O)O)c2ccc(F)cc2)CC1. The number of hydrogen-bond donors (Lipinski definition) is 1. The summed E-state index contributed by atoms with van der Waals surface area (Å²) in [5.41, 5.74) is 4.37. The number of halogens is 1. The second kappa shape index (κ2) is 11.5. The van der Waals surface area contributed by atoms with Crippen molar-refractivity contribution in [2.24, 2.45) is 0 Å². The molecule has 0 spiro atoms. The van der Waals surface area contributed by atoms with Crippen molar-refractivity contribution in [3.63, 3.8) is 0 Å². The highest BCUT2D eigenvalue weighted by atomic mass is 19.1. The molecule has 43 heavy (non-hydrogen) atoms. The molecule has 4 atom stereocenters. The van der Waals surface area contributed by atoms with E-state index in [1.165, 1.54) is 48.9 Å². The molecule has 224 valence electrons. The number of aromatic nitrogens is 2. The lowest BCUT2D eigenvalue weighted by molar-refractivity contribution is -0.144. The Morgan fingerprint density at radius 1 is 0.930 bits per heavy atom. The van der Waals surface area contributed by atoms with Crippen LogP contribution in [0.15, 0.2) is 78.9 Å². The molecule has 2 bridgehead atoms. The lowest BCUT2D eigenvalue weighted by Gasteiger charge is -2.46. The minimum atomic E-state index is -0.876. The van der Waals surface area contributed by atoms with E-state index >= 15 is 0 Å². The number of para-hydroxylation sites is 2. The molecule has 1 unspecified atom stereocenters. The molecule has 1 N–H and O–H groups in total. The van der Waals surface area contributed by atoms with Gasteiger partial charge < -0.3 is 9.67 Å². The van der Waals surface area contributed by atoms with Gasteiger partial charge in [0.05, 0.1) is 11.0 Å². The minimum absolute atomic E-state index is 0.0109. The zero-order chi connectivity index (χ0) is 29.6. The van der Waals surface area contributed by atoms with Gasteiger partial charge in [0.25, 0.3) is 0 Å². The molecule has 3 aliphatic rings. The second-order valence-corrected chi connectivity index (χ2v) is 13.0. The third-order valence-corrected chi connectivity index (χ3v) is 10.8. The van der Waals surface area contributed by atoms with Crippen molar-refractivity contribution in [3.8, 4) is 0 Å². The van der Waals surface area contributed by atoms with Gasteiger partial charge in [0.15, 0.2) is 0 Å². The lowest BCUT2D eigenvalue weighted by atomic mass is 9.70. The smallest absolute Gasteiger partial charge is 0.325 e. The molecule has 7 rings (SSSR count). The van der Waals surface area contributed by atoms with Crippen LogP contribution in [-0.4, -0.2) is 62.1 Å². The molecule has 0 radical (unpaired) electrons. The number of carboxylic acid groups (broad SMARTS) is 1. The van der Waals surface area contributed by atoms with Crippen molar-refractivity contribution in [3.05, 3.63) is 102 Å². The molecular formula is C36H41FN4O2. The van der Waals surface area contributed by atoms with Gasteiger partial charge in [0, 0.05) is 31.2 Å². The fourth-order valence-corrected chi connectivity index (χ4v) is 8.63. The fraction of sp³-hybridized carbons (Fsp3) is 0.444. The zero-order valence-electron chi connectivity index (χ0n) is 24.9. The van der Waals surface area contributed by atoms with Gasteiger partial charge in [-0.3, -0.25) is 14.6 Å². The Hall–Kier alpha value is -3.55. The molecule has 0 aliphatic carbocycles. The molecule has 3 aromatic carbocycles. The monoisotopic (exact) mass is 580 g/mol. The summed E-state index contributed by atoms with van der Waals surface area (Å²) in [4.78, 5) is 22.1. The lowest BCUT2D eigenvalue weighted by Crippen LogP contribution is -2.49. The van der Waals surface area contributed by atoms with Crippen LogP contribution >= 0.6 is 0 Å². The maximum atomic E-state index is 13.6. The number of aliphatic carboxylic acids is 1. The number of carbonyl (C=O) groups is 1. The third-order valence-electron chi connectivity index (χ3n) is 10.8. The van der Waals surface area contributed by atoms with E-state index in [-0.39, 0.29) is 11.2 Å². The minimum Gasteiger partial charge on any atom is -0.480 e. The average molecular weight is 581 g/mol. The van der Waals surface area contributed by atoms with E-state index in [1.54, 1.807) is 12.1 Å². The number of likely N-dealkylation sites (tertiary alicyclic amines) is 1. The van der Waals surface area contributed by atoms with Crippen molar-refractivity contribution < 1.29 is 14.3 Å². The molecule has 4 heterocycles. The van der Waals surface area contributed by atoms with Crippen molar-refractivity contribution in [2.45, 2.75) is 81.5 Å². The summed E-state index contributed by atoms with van der Waals surface area (Å²) in [5.74, 6) is -0.102.